The third-order valence-corrected chi connectivity index (χ3v) is 12.2. The number of hydrogen-bond donors (Lipinski definition) is 1. The van der Waals surface area contributed by atoms with Crippen molar-refractivity contribution in [1.29, 1.82) is 0 Å². The molecule has 0 aliphatic rings. The first-order chi connectivity index (χ1) is 12.5. The molecule has 0 saturated heterocycles. The molecule has 2 nitrogen and oxygen atoms in total. The third-order valence-electron chi connectivity index (χ3n) is 6.34. The van der Waals surface area contributed by atoms with Gasteiger partial charge >= 0.3 is 167 Å². The van der Waals surface area contributed by atoms with Crippen LogP contribution in [0.4, 0.5) is 0 Å². The second-order valence-corrected chi connectivity index (χ2v) is 14.6. The van der Waals surface area contributed by atoms with Gasteiger partial charge in [0, 0.05) is 0 Å². The summed E-state index contributed by atoms with van der Waals surface area (Å²) in [6, 6.07) is 0. The van der Waals surface area contributed by atoms with Gasteiger partial charge in [-0.15, -0.1) is 0 Å². The van der Waals surface area contributed by atoms with Crippen LogP contribution >= 0.6 is 6.83 Å². The maximum absolute atomic E-state index is 12.3. The normalized spacial score (nSPS) is 13.1. The Morgan fingerprint density at radius 3 is 0.815 bits per heavy atom. The topological polar surface area (TPSA) is 51.7 Å². The molecule has 0 aromatic rings. The van der Waals surface area contributed by atoms with Crippen molar-refractivity contribution in [3.8, 4) is 0 Å². The monoisotopic (exact) mass is 406 g/mol. The zero-order valence-electron chi connectivity index (χ0n) is 19.5. The van der Waals surface area contributed by atoms with Gasteiger partial charge < -0.3 is 5.48 Å². The average molecular weight is 407 g/mol. The van der Waals surface area contributed by atoms with Crippen LogP contribution in [-0.2, 0) is 0 Å². The molecule has 3 N–H and O–H groups in total. The van der Waals surface area contributed by atoms with Gasteiger partial charge in [0.15, 0.2) is 0 Å². The number of hydrogen-bond acceptors (Lipinski definition) is 1. The minimum Gasteiger partial charge on any atom is -0.412 e. The van der Waals surface area contributed by atoms with Crippen LogP contribution in [-0.4, -0.2) is 35.0 Å². The Morgan fingerprint density at radius 1 is 0.407 bits per heavy atom. The SMILES string of the molecule is CCCCCCP(O)(CCCCCC)(CCCCCC)CCCCCC.O. The Bertz CT molecular complexity index is 247. The summed E-state index contributed by atoms with van der Waals surface area (Å²) in [6.07, 6.45) is 25.7. The number of unbranched alkanes of at least 4 members (excludes halogenated alkanes) is 12. The summed E-state index contributed by atoms with van der Waals surface area (Å²) in [6.45, 7) is 6.68. The molecule has 168 valence electrons. The fourth-order valence-electron chi connectivity index (χ4n) is 4.45. The molecule has 0 heterocycles. The molecule has 0 aromatic heterocycles. The molecule has 0 unspecified atom stereocenters. The van der Waals surface area contributed by atoms with Gasteiger partial charge in [0.1, 0.15) is 0 Å². The average Bonchev–Trinajstić information content (AvgIpc) is 2.64. The molecule has 0 saturated carbocycles. The maximum atomic E-state index is 12.3. The minimum atomic E-state index is -2.49. The molecule has 27 heavy (non-hydrogen) atoms. The molecule has 0 radical (unpaired) electrons. The van der Waals surface area contributed by atoms with Crippen molar-refractivity contribution >= 4 is 6.83 Å². The molecule has 0 rings (SSSR count). The van der Waals surface area contributed by atoms with Crippen molar-refractivity contribution in [3.05, 3.63) is 0 Å². The molecule has 0 aliphatic heterocycles. The van der Waals surface area contributed by atoms with Crippen molar-refractivity contribution in [1.82, 2.24) is 0 Å². The molecular weight excluding hydrogens is 351 g/mol. The summed E-state index contributed by atoms with van der Waals surface area (Å²) < 4.78 is 0. The first-order valence-corrected chi connectivity index (χ1v) is 15.2. The molecule has 0 amide bonds. The Kier molecular flexibility index (Phi) is 20.1. The van der Waals surface area contributed by atoms with E-state index in [0.717, 1.165) is 0 Å². The molecular formula is C24H55O2P. The van der Waals surface area contributed by atoms with E-state index in [1.807, 2.05) is 0 Å². The Hall–Kier alpha value is 0.350. The van der Waals surface area contributed by atoms with Crippen molar-refractivity contribution in [2.45, 2.75) is 130 Å². The quantitative estimate of drug-likeness (QED) is 0.162. The van der Waals surface area contributed by atoms with Gasteiger partial charge in [-0.25, -0.2) is 0 Å². The van der Waals surface area contributed by atoms with Gasteiger partial charge in [0.25, 0.3) is 0 Å². The summed E-state index contributed by atoms with van der Waals surface area (Å²) in [5.74, 6) is 0. The fraction of sp³-hybridized carbons (Fsp3) is 1.00. The van der Waals surface area contributed by atoms with Crippen LogP contribution in [0.5, 0.6) is 0 Å². The van der Waals surface area contributed by atoms with Gasteiger partial charge in [0.2, 0.25) is 0 Å². The van der Waals surface area contributed by atoms with Crippen molar-refractivity contribution in [2.75, 3.05) is 24.6 Å². The standard InChI is InChI=1S/C24H53OP.H2O/c1-5-9-13-17-21-26(25,22-18-14-10-6-2,23-19-15-11-7-3)24-20-16-12-8-4;/h25H,5-24H2,1-4H3;1H2. The van der Waals surface area contributed by atoms with Gasteiger partial charge in [-0.05, 0) is 0 Å². The van der Waals surface area contributed by atoms with E-state index >= 15 is 0 Å². The van der Waals surface area contributed by atoms with E-state index in [9.17, 15) is 4.89 Å². The van der Waals surface area contributed by atoms with Gasteiger partial charge in [0.05, 0.1) is 0 Å². The van der Waals surface area contributed by atoms with Crippen LogP contribution in [0.1, 0.15) is 130 Å². The van der Waals surface area contributed by atoms with Crippen LogP contribution in [0.2, 0.25) is 0 Å². The van der Waals surface area contributed by atoms with Crippen molar-refractivity contribution < 1.29 is 10.4 Å². The molecule has 3 heteroatoms. The molecule has 0 aromatic carbocycles. The molecule has 0 atom stereocenters. The van der Waals surface area contributed by atoms with E-state index in [4.69, 9.17) is 0 Å². The summed E-state index contributed by atoms with van der Waals surface area (Å²) in [4.78, 5) is 12.3. The third kappa shape index (κ3) is 14.9. The molecule has 0 aliphatic carbocycles. The van der Waals surface area contributed by atoms with Gasteiger partial charge in [-0.1, -0.05) is 0 Å². The molecule has 0 bridgehead atoms. The van der Waals surface area contributed by atoms with E-state index in [1.165, 1.54) is 127 Å². The molecule has 0 spiro atoms. The van der Waals surface area contributed by atoms with E-state index in [-0.39, 0.29) is 5.48 Å². The smallest absolute Gasteiger partial charge is 0.412 e. The Labute approximate surface area is 172 Å². The van der Waals surface area contributed by atoms with E-state index in [0.29, 0.717) is 0 Å². The Morgan fingerprint density at radius 2 is 0.630 bits per heavy atom. The minimum absolute atomic E-state index is 0. The van der Waals surface area contributed by atoms with Gasteiger partial charge in [-0.2, -0.15) is 0 Å². The van der Waals surface area contributed by atoms with Crippen molar-refractivity contribution in [3.63, 3.8) is 0 Å². The first-order valence-electron chi connectivity index (χ1n) is 12.3. The second kappa shape index (κ2) is 18.4. The summed E-state index contributed by atoms with van der Waals surface area (Å²) in [5.41, 5.74) is 0. The van der Waals surface area contributed by atoms with Crippen LogP contribution < -0.4 is 0 Å². The first kappa shape index (κ1) is 29.6. The summed E-state index contributed by atoms with van der Waals surface area (Å²) >= 11 is 0. The molecule has 0 fully saturated rings. The Balaban J connectivity index is 0. The van der Waals surface area contributed by atoms with Crippen LogP contribution in [0.25, 0.3) is 0 Å². The van der Waals surface area contributed by atoms with E-state index in [2.05, 4.69) is 27.7 Å². The zero-order valence-corrected chi connectivity index (χ0v) is 20.4. The second-order valence-electron chi connectivity index (χ2n) is 9.04. The summed E-state index contributed by atoms with van der Waals surface area (Å²) in [5, 5.41) is 0. The van der Waals surface area contributed by atoms with Crippen molar-refractivity contribution in [2.24, 2.45) is 0 Å². The van der Waals surface area contributed by atoms with E-state index in [1.54, 1.807) is 0 Å². The largest absolute Gasteiger partial charge is 0.412 e. The summed E-state index contributed by atoms with van der Waals surface area (Å²) in [7, 11) is 0. The van der Waals surface area contributed by atoms with Gasteiger partial charge in [-0.3, -0.25) is 0 Å². The fourth-order valence-corrected chi connectivity index (χ4v) is 9.93. The predicted molar refractivity (Wildman–Crippen MR) is 129 cm³/mol. The maximum Gasteiger partial charge on any atom is -0.412 e. The van der Waals surface area contributed by atoms with Crippen LogP contribution in [0, 0.1) is 0 Å². The van der Waals surface area contributed by atoms with Crippen LogP contribution in [0.15, 0.2) is 0 Å². The zero-order chi connectivity index (χ0) is 19.6. The van der Waals surface area contributed by atoms with E-state index < -0.39 is 6.83 Å². The van der Waals surface area contributed by atoms with Crippen LogP contribution in [0.3, 0.4) is 0 Å². The predicted octanol–water partition coefficient (Wildman–Crippen LogP) is 7.94. The number of rotatable bonds is 20.